The number of nitrogens with one attached hydrogen (secondary N) is 8. The van der Waals surface area contributed by atoms with E-state index in [2.05, 4.69) is 59.1 Å². The van der Waals surface area contributed by atoms with Crippen LogP contribution in [-0.2, 0) is 62.4 Å². The van der Waals surface area contributed by atoms with E-state index in [0.717, 1.165) is 19.3 Å². The molecule has 4 rings (SSSR count). The molecule has 0 aliphatic carbocycles. The first kappa shape index (κ1) is 72.6. The average molecular weight is 1230 g/mol. The number of aromatic amines is 1. The standard InChI is InChI=1S/C64H99N13O11/c1-7-8-9-10-11-12-13-14-15-16-17-18-22-29-54(79)88-47-32-30-45(31-33-47)36-49(72-60(83)55(42(2)3)75-57(80)48(71-53(78)40-67-6)27-23-34-69-64(65)66)58(81)76-56(43(4)5)61(84)73-50(38-46-39-68-41-70-46)62(85)77-35-24-28-52(77)59(82)74-51(63(86)87)37-44-25-20-19-21-26-44/h19-21,25-26,30-33,39,41-43,48-52,55-56,67H,7-18,22-24,27-29,34-38,40H2,1-6H3,(H,68,70)(H,71,78)(H,72,83)(H,73,84)(H,74,82)(H,75,80)(H,76,81)(H,86,87)(H4,65,66,69)/t48-,49-,50-,51-,52-,55-,56-/m0/s1. The Bertz CT molecular complexity index is 2670. The van der Waals surface area contributed by atoms with Crippen LogP contribution in [0.15, 0.2) is 72.1 Å². The number of benzene rings is 2. The lowest BCUT2D eigenvalue weighted by Crippen LogP contribution is -2.61. The summed E-state index contributed by atoms with van der Waals surface area (Å²) in [5.41, 5.74) is 12.7. The zero-order valence-electron chi connectivity index (χ0n) is 52.5. The number of carbonyl (C=O) groups is 9. The highest BCUT2D eigenvalue weighted by atomic mass is 16.5. The van der Waals surface area contributed by atoms with Crippen LogP contribution in [0.5, 0.6) is 5.75 Å². The smallest absolute Gasteiger partial charge is 0.326 e. The number of nitrogens with zero attached hydrogens (tertiary/aromatic N) is 3. The first-order valence-electron chi connectivity index (χ1n) is 31.6. The number of amides is 7. The molecule has 0 saturated carbocycles. The number of carboxylic acid groups (broad SMARTS) is 1. The maximum Gasteiger partial charge on any atom is 0.326 e. The Hall–Kier alpha value is -7.89. The highest BCUT2D eigenvalue weighted by Crippen LogP contribution is 2.22. The Balaban J connectivity index is 1.54. The molecule has 0 unspecified atom stereocenters. The Morgan fingerprint density at radius 3 is 1.76 bits per heavy atom. The highest BCUT2D eigenvalue weighted by molar-refractivity contribution is 5.98. The van der Waals surface area contributed by atoms with Crippen LogP contribution in [0.1, 0.15) is 167 Å². The quantitative estimate of drug-likeness (QED) is 0.0123. The van der Waals surface area contributed by atoms with Crippen molar-refractivity contribution in [2.75, 3.05) is 26.7 Å². The lowest BCUT2D eigenvalue weighted by Gasteiger charge is -2.31. The van der Waals surface area contributed by atoms with Gasteiger partial charge in [-0.3, -0.25) is 43.3 Å². The van der Waals surface area contributed by atoms with Gasteiger partial charge in [0.05, 0.1) is 12.9 Å². The van der Waals surface area contributed by atoms with Gasteiger partial charge in [0.2, 0.25) is 41.4 Å². The number of aliphatic carboxylic acids is 1. The van der Waals surface area contributed by atoms with Gasteiger partial charge >= 0.3 is 11.9 Å². The predicted molar refractivity (Wildman–Crippen MR) is 336 cm³/mol. The number of nitrogens with two attached hydrogens (primary N) is 2. The van der Waals surface area contributed by atoms with Crippen LogP contribution in [0.4, 0.5) is 0 Å². The van der Waals surface area contributed by atoms with Crippen molar-refractivity contribution in [3.63, 3.8) is 0 Å². The molecule has 486 valence electrons. The van der Waals surface area contributed by atoms with Gasteiger partial charge in [0.1, 0.15) is 48.0 Å². The van der Waals surface area contributed by atoms with Crippen molar-refractivity contribution >= 4 is 59.2 Å². The number of likely N-dealkylation sites (N-methyl/N-ethyl adjacent to an activating group) is 1. The maximum atomic E-state index is 14.8. The fraction of sp³-hybridized carbons (Fsp3) is 0.609. The van der Waals surface area contributed by atoms with Crippen LogP contribution in [0, 0.1) is 11.8 Å². The van der Waals surface area contributed by atoms with Crippen molar-refractivity contribution in [2.45, 2.75) is 212 Å². The zero-order chi connectivity index (χ0) is 64.4. The van der Waals surface area contributed by atoms with Crippen LogP contribution in [0.3, 0.4) is 0 Å². The summed E-state index contributed by atoms with van der Waals surface area (Å²) < 4.78 is 5.67. The number of hydrogen-bond donors (Lipinski definition) is 11. The first-order chi connectivity index (χ1) is 42.2. The number of aliphatic imine (C=N–C) groups is 1. The molecular weight excluding hydrogens is 1130 g/mol. The molecule has 7 atom stereocenters. The van der Waals surface area contributed by atoms with E-state index in [0.29, 0.717) is 36.1 Å². The molecule has 1 aromatic heterocycles. The average Bonchev–Trinajstić information content (AvgIpc) is 3.95. The number of aromatic nitrogens is 2. The minimum atomic E-state index is -1.39. The molecule has 1 aliphatic rings. The molecular formula is C64H99N13O11. The van der Waals surface area contributed by atoms with Crippen molar-refractivity contribution in [3.05, 3.63) is 83.9 Å². The number of likely N-dealkylation sites (tertiary alicyclic amines) is 1. The minimum absolute atomic E-state index is 0.00816. The van der Waals surface area contributed by atoms with Crippen LogP contribution < -0.4 is 53.4 Å². The molecule has 0 bridgehead atoms. The molecule has 1 saturated heterocycles. The Kier molecular flexibility index (Phi) is 32.8. The maximum absolute atomic E-state index is 14.8. The van der Waals surface area contributed by atoms with Crippen molar-refractivity contribution < 1.29 is 53.0 Å². The summed E-state index contributed by atoms with van der Waals surface area (Å²) >= 11 is 0. The number of hydrogen-bond acceptors (Lipinski definition) is 13. The predicted octanol–water partition coefficient (Wildman–Crippen LogP) is 4.39. The molecule has 0 radical (unpaired) electrons. The number of esters is 1. The van der Waals surface area contributed by atoms with Gasteiger partial charge in [0.15, 0.2) is 5.96 Å². The Morgan fingerprint density at radius 1 is 0.659 bits per heavy atom. The minimum Gasteiger partial charge on any atom is -0.480 e. The van der Waals surface area contributed by atoms with E-state index in [9.17, 15) is 48.3 Å². The van der Waals surface area contributed by atoms with E-state index in [1.807, 2.05) is 0 Å². The van der Waals surface area contributed by atoms with Crippen molar-refractivity contribution in [1.29, 1.82) is 0 Å². The Morgan fingerprint density at radius 2 is 1.22 bits per heavy atom. The van der Waals surface area contributed by atoms with Gasteiger partial charge in [-0.05, 0) is 74.2 Å². The molecule has 7 amide bonds. The molecule has 1 fully saturated rings. The van der Waals surface area contributed by atoms with Gasteiger partial charge in [-0.15, -0.1) is 0 Å². The summed E-state index contributed by atoms with van der Waals surface area (Å²) in [7, 11) is 1.57. The number of carbonyl (C=O) groups excluding carboxylic acids is 8. The van der Waals surface area contributed by atoms with E-state index in [-0.39, 0.29) is 75.8 Å². The molecule has 0 spiro atoms. The van der Waals surface area contributed by atoms with Gasteiger partial charge in [-0.1, -0.05) is 154 Å². The van der Waals surface area contributed by atoms with Gasteiger partial charge < -0.3 is 68.4 Å². The largest absolute Gasteiger partial charge is 0.480 e. The molecule has 2 heterocycles. The molecule has 1 aliphatic heterocycles. The van der Waals surface area contributed by atoms with Crippen LogP contribution in [0.2, 0.25) is 0 Å². The van der Waals surface area contributed by atoms with Gasteiger partial charge in [0.25, 0.3) is 0 Å². The van der Waals surface area contributed by atoms with Crippen molar-refractivity contribution in [3.8, 4) is 5.75 Å². The van der Waals surface area contributed by atoms with Gasteiger partial charge in [-0.25, -0.2) is 9.78 Å². The normalized spacial score (nSPS) is 15.0. The first-order valence-corrected chi connectivity index (χ1v) is 31.6. The fourth-order valence-electron chi connectivity index (χ4n) is 10.5. The highest BCUT2D eigenvalue weighted by Gasteiger charge is 2.41. The van der Waals surface area contributed by atoms with E-state index < -0.39 is 101 Å². The topological polar surface area (TPSA) is 364 Å². The van der Waals surface area contributed by atoms with Gasteiger partial charge in [-0.2, -0.15) is 0 Å². The van der Waals surface area contributed by atoms with Crippen molar-refractivity contribution in [2.24, 2.45) is 28.3 Å². The number of ether oxygens (including phenoxy) is 1. The lowest BCUT2D eigenvalue weighted by molar-refractivity contribution is -0.145. The molecule has 3 aromatic rings. The van der Waals surface area contributed by atoms with E-state index in [4.69, 9.17) is 16.2 Å². The van der Waals surface area contributed by atoms with Crippen LogP contribution in [0.25, 0.3) is 0 Å². The summed E-state index contributed by atoms with van der Waals surface area (Å²) in [6.07, 6.45) is 19.3. The van der Waals surface area contributed by atoms with Crippen LogP contribution >= 0.6 is 0 Å². The Labute approximate surface area is 518 Å². The summed E-state index contributed by atoms with van der Waals surface area (Å²) in [4.78, 5) is 137. The number of rotatable bonds is 42. The number of unbranched alkanes of at least 4 members (excludes halogenated alkanes) is 12. The molecule has 88 heavy (non-hydrogen) atoms. The van der Waals surface area contributed by atoms with Gasteiger partial charge in [0, 0.05) is 50.7 Å². The van der Waals surface area contributed by atoms with E-state index in [1.54, 1.807) is 89.3 Å². The second-order valence-electron chi connectivity index (χ2n) is 23.6. The fourth-order valence-corrected chi connectivity index (χ4v) is 10.5. The number of guanidine groups is 1. The summed E-state index contributed by atoms with van der Waals surface area (Å²) in [5.74, 6) is -7.37. The summed E-state index contributed by atoms with van der Waals surface area (Å²) in [6.45, 7) is 9.21. The van der Waals surface area contributed by atoms with Crippen molar-refractivity contribution in [1.82, 2.24) is 52.1 Å². The molecule has 13 N–H and O–H groups in total. The second kappa shape index (κ2) is 39.8. The third-order valence-electron chi connectivity index (χ3n) is 15.5. The second-order valence-corrected chi connectivity index (χ2v) is 23.6. The van der Waals surface area contributed by atoms with E-state index >= 15 is 0 Å². The lowest BCUT2D eigenvalue weighted by atomic mass is 9.98. The SMILES string of the molecule is CCCCCCCCCCCCCCCC(=O)Oc1ccc(C[C@H](NC(=O)[C@@H](NC(=O)[C@H](CCCN=C(N)N)NC(=O)CNC)C(C)C)C(=O)N[C@H](C(=O)N[C@@H](Cc2cnc[nH]2)C(=O)N2CCC[C@H]2C(=O)N[C@@H](Cc2ccccc2)C(=O)O)C(C)C)cc1. The van der Waals surface area contributed by atoms with Crippen LogP contribution in [-0.4, -0.2) is 148 Å². The summed E-state index contributed by atoms with van der Waals surface area (Å²) in [6, 6.07) is 6.62. The molecule has 2 aromatic carbocycles. The third-order valence-corrected chi connectivity index (χ3v) is 15.5. The zero-order valence-corrected chi connectivity index (χ0v) is 52.5. The molecule has 24 heteroatoms. The monoisotopic (exact) mass is 1230 g/mol. The summed E-state index contributed by atoms with van der Waals surface area (Å²) in [5, 5.41) is 29.3. The van der Waals surface area contributed by atoms with E-state index in [1.165, 1.54) is 75.2 Å². The third kappa shape index (κ3) is 26.6. The number of carboxylic acids is 1. The number of H-pyrrole nitrogens is 1. The number of imidazole rings is 1. The molecule has 24 nitrogen and oxygen atoms in total.